The van der Waals surface area contributed by atoms with Gasteiger partial charge in [0, 0.05) is 18.0 Å². The van der Waals surface area contributed by atoms with E-state index in [2.05, 4.69) is 0 Å². The molecule has 2 aliphatic carbocycles. The molecule has 5 rings (SSSR count). The molecule has 1 saturated heterocycles. The monoisotopic (exact) mass is 559 g/mol. The number of thiocarbonyl (C=S) groups is 1. The number of thioether (sulfide) groups is 1. The second-order valence-electron chi connectivity index (χ2n) is 10.3. The summed E-state index contributed by atoms with van der Waals surface area (Å²) in [6, 6.07) is 3.77. The minimum absolute atomic E-state index is 0.00315. The number of methoxy groups -OCH3 is 2. The van der Waals surface area contributed by atoms with Crippen molar-refractivity contribution in [2.24, 2.45) is 11.8 Å². The second kappa shape index (κ2) is 10.8. The summed E-state index contributed by atoms with van der Waals surface area (Å²) in [4.78, 5) is 27.8. The van der Waals surface area contributed by atoms with E-state index in [0.717, 1.165) is 12.3 Å². The first-order valence-electron chi connectivity index (χ1n) is 13.0. The van der Waals surface area contributed by atoms with Crippen LogP contribution in [0, 0.1) is 11.8 Å². The third kappa shape index (κ3) is 5.12. The van der Waals surface area contributed by atoms with Gasteiger partial charge >= 0.3 is 5.97 Å². The molecule has 204 valence electrons. The van der Waals surface area contributed by atoms with Crippen LogP contribution in [0.15, 0.2) is 29.2 Å². The average Bonchev–Trinajstić information content (AvgIpc) is 3.67. The summed E-state index contributed by atoms with van der Waals surface area (Å²) < 4.78 is 28.7. The number of rotatable bonds is 9. The van der Waals surface area contributed by atoms with Gasteiger partial charge in [-0.3, -0.25) is 9.69 Å². The number of benzene rings is 1. The summed E-state index contributed by atoms with van der Waals surface area (Å²) >= 11 is 7.02. The predicted molar refractivity (Wildman–Crippen MR) is 148 cm³/mol. The lowest BCUT2D eigenvalue weighted by molar-refractivity contribution is -0.145. The Labute approximate surface area is 232 Å². The van der Waals surface area contributed by atoms with E-state index in [9.17, 15) is 9.59 Å². The molecule has 0 radical (unpaired) electrons. The Hall–Kier alpha value is -2.72. The number of fused-ring (bicyclic) bond motifs is 2. The lowest BCUT2D eigenvalue weighted by atomic mass is 9.94. The molecule has 1 aromatic carbocycles. The quantitative estimate of drug-likeness (QED) is 0.233. The van der Waals surface area contributed by atoms with Crippen LogP contribution in [-0.2, 0) is 19.1 Å². The number of hydrogen-bond acceptors (Lipinski definition) is 9. The molecule has 0 spiro atoms. The van der Waals surface area contributed by atoms with Gasteiger partial charge in [-0.25, -0.2) is 4.79 Å². The molecule has 3 fully saturated rings. The van der Waals surface area contributed by atoms with Crippen LogP contribution in [0.4, 0.5) is 0 Å². The normalized spacial score (nSPS) is 29.1. The number of carbonyl (C=O) groups excluding carboxylic acids is 2. The van der Waals surface area contributed by atoms with E-state index in [1.54, 1.807) is 19.1 Å². The molecule has 2 aliphatic heterocycles. The Kier molecular flexibility index (Phi) is 7.64. The van der Waals surface area contributed by atoms with E-state index in [0.29, 0.717) is 50.1 Å². The van der Waals surface area contributed by atoms with Crippen LogP contribution in [0.5, 0.6) is 17.2 Å². The molecule has 1 amide bonds. The minimum Gasteiger partial charge on any atom is -0.493 e. The van der Waals surface area contributed by atoms with Crippen molar-refractivity contribution in [3.8, 4) is 17.2 Å². The zero-order chi connectivity index (χ0) is 27.0. The highest BCUT2D eigenvalue weighted by Crippen LogP contribution is 2.50. The molecule has 0 N–H and O–H groups in total. The Morgan fingerprint density at radius 2 is 2.03 bits per heavy atom. The van der Waals surface area contributed by atoms with Crippen molar-refractivity contribution in [3.05, 3.63) is 34.8 Å². The molecule has 1 aromatic rings. The van der Waals surface area contributed by atoms with Crippen molar-refractivity contribution >= 4 is 45.9 Å². The fourth-order valence-electron chi connectivity index (χ4n) is 5.98. The van der Waals surface area contributed by atoms with Gasteiger partial charge in [-0.05, 0) is 69.2 Å². The molecule has 4 aliphatic rings. The topological polar surface area (TPSA) is 83.5 Å². The average molecular weight is 560 g/mol. The lowest BCUT2D eigenvalue weighted by Crippen LogP contribution is -2.42. The molecular formula is C28H33NO7S2. The Morgan fingerprint density at radius 3 is 2.68 bits per heavy atom. The summed E-state index contributed by atoms with van der Waals surface area (Å²) in [5.74, 6) is 2.57. The summed E-state index contributed by atoms with van der Waals surface area (Å²) in [5, 5.41) is 0. The van der Waals surface area contributed by atoms with E-state index in [4.69, 9.17) is 35.9 Å². The fraction of sp³-hybridized carbons (Fsp3) is 0.536. The summed E-state index contributed by atoms with van der Waals surface area (Å²) in [7, 11) is 3.03. The highest BCUT2D eigenvalue weighted by molar-refractivity contribution is 8.26. The maximum atomic E-state index is 13.4. The number of esters is 1. The van der Waals surface area contributed by atoms with Crippen LogP contribution in [0.1, 0.15) is 51.5 Å². The van der Waals surface area contributed by atoms with Crippen molar-refractivity contribution in [1.29, 1.82) is 0 Å². The molecule has 2 heterocycles. The Balaban J connectivity index is 1.33. The fourth-order valence-corrected chi connectivity index (χ4v) is 7.47. The minimum atomic E-state index is -0.716. The maximum absolute atomic E-state index is 13.4. The zero-order valence-corrected chi connectivity index (χ0v) is 23.7. The van der Waals surface area contributed by atoms with E-state index in [1.165, 1.54) is 45.2 Å². The van der Waals surface area contributed by atoms with Gasteiger partial charge < -0.3 is 23.7 Å². The van der Waals surface area contributed by atoms with Gasteiger partial charge in [0.2, 0.25) is 5.75 Å². The number of carbonyl (C=O) groups is 2. The van der Waals surface area contributed by atoms with Gasteiger partial charge in [0.05, 0.1) is 25.7 Å². The molecule has 4 unspecified atom stereocenters. The van der Waals surface area contributed by atoms with Crippen molar-refractivity contribution in [2.75, 3.05) is 27.4 Å². The molecule has 10 heteroatoms. The van der Waals surface area contributed by atoms with Gasteiger partial charge in [-0.15, -0.1) is 0 Å². The van der Waals surface area contributed by atoms with Gasteiger partial charge in [0.15, 0.2) is 18.1 Å². The highest BCUT2D eigenvalue weighted by atomic mass is 32.2. The molecule has 0 aromatic heterocycles. The van der Waals surface area contributed by atoms with E-state index in [-0.39, 0.29) is 25.2 Å². The number of amides is 1. The Morgan fingerprint density at radius 1 is 1.24 bits per heavy atom. The number of hydrogen-bond donors (Lipinski definition) is 0. The van der Waals surface area contributed by atoms with Crippen LogP contribution < -0.4 is 14.2 Å². The molecule has 38 heavy (non-hydrogen) atoms. The molecule has 2 bridgehead atoms. The summed E-state index contributed by atoms with van der Waals surface area (Å²) in [6.45, 7) is 3.69. The SMILES string of the molecule is CCOC(=O)COc1cc(C2=CCC(C)(/C=C3\SC(=S)N(C4CC5CCC4C5)C3=O)O2)cc(OC)c1OC. The third-order valence-electron chi connectivity index (χ3n) is 7.71. The van der Waals surface area contributed by atoms with E-state index in [1.807, 2.05) is 24.0 Å². The van der Waals surface area contributed by atoms with Crippen molar-refractivity contribution < 1.29 is 33.3 Å². The standard InChI is InChI=1S/C28H33NO7S2/c1-5-34-24(30)15-35-22-13-18(12-21(32-3)25(22)33-4)20-8-9-28(2,36-20)14-23-26(31)29(27(37)38-23)19-11-16-6-7-17(19)10-16/h8,12-14,16-17,19H,5-7,9-11,15H2,1-4H3/b23-14-. The van der Waals surface area contributed by atoms with Crippen molar-refractivity contribution in [3.63, 3.8) is 0 Å². The predicted octanol–water partition coefficient (Wildman–Crippen LogP) is 5.10. The zero-order valence-electron chi connectivity index (χ0n) is 22.1. The van der Waals surface area contributed by atoms with Gasteiger partial charge in [0.1, 0.15) is 15.7 Å². The number of ether oxygens (including phenoxy) is 5. The van der Waals surface area contributed by atoms with Gasteiger partial charge in [-0.2, -0.15) is 0 Å². The first-order valence-corrected chi connectivity index (χ1v) is 14.2. The van der Waals surface area contributed by atoms with Crippen LogP contribution in [-0.4, -0.2) is 60.2 Å². The summed E-state index contributed by atoms with van der Waals surface area (Å²) in [6.07, 6.45) is 9.20. The number of nitrogens with zero attached hydrogens (tertiary/aromatic N) is 1. The summed E-state index contributed by atoms with van der Waals surface area (Å²) in [5.41, 5.74) is -0.0135. The maximum Gasteiger partial charge on any atom is 0.344 e. The smallest absolute Gasteiger partial charge is 0.344 e. The second-order valence-corrected chi connectivity index (χ2v) is 12.0. The van der Waals surface area contributed by atoms with Crippen LogP contribution >= 0.6 is 24.0 Å². The first-order chi connectivity index (χ1) is 18.2. The highest BCUT2D eigenvalue weighted by Gasteiger charge is 2.48. The third-order valence-corrected chi connectivity index (χ3v) is 9.04. The molecule has 2 saturated carbocycles. The lowest BCUT2D eigenvalue weighted by Gasteiger charge is -2.30. The van der Waals surface area contributed by atoms with E-state index >= 15 is 0 Å². The Bertz CT molecular complexity index is 1210. The van der Waals surface area contributed by atoms with Gasteiger partial charge in [0.25, 0.3) is 5.91 Å². The van der Waals surface area contributed by atoms with Crippen LogP contribution in [0.3, 0.4) is 0 Å². The molecule has 4 atom stereocenters. The van der Waals surface area contributed by atoms with Gasteiger partial charge in [-0.1, -0.05) is 30.4 Å². The molecular weight excluding hydrogens is 526 g/mol. The van der Waals surface area contributed by atoms with Crippen LogP contribution in [0.2, 0.25) is 0 Å². The van der Waals surface area contributed by atoms with E-state index < -0.39 is 11.6 Å². The van der Waals surface area contributed by atoms with Crippen molar-refractivity contribution in [1.82, 2.24) is 4.90 Å². The van der Waals surface area contributed by atoms with Crippen LogP contribution in [0.25, 0.3) is 5.76 Å². The molecule has 8 nitrogen and oxygen atoms in total. The first kappa shape index (κ1) is 26.9. The van der Waals surface area contributed by atoms with Crippen molar-refractivity contribution in [2.45, 2.75) is 57.6 Å². The largest absolute Gasteiger partial charge is 0.493 e.